The molecule has 2 atom stereocenters. The van der Waals surface area contributed by atoms with Gasteiger partial charge < -0.3 is 18.8 Å². The van der Waals surface area contributed by atoms with Crippen molar-refractivity contribution in [1.82, 2.24) is 14.5 Å². The third-order valence-electron chi connectivity index (χ3n) is 6.65. The summed E-state index contributed by atoms with van der Waals surface area (Å²) in [5, 5.41) is 0. The third kappa shape index (κ3) is 6.74. The number of imide groups is 1. The number of hydrogen-bond acceptors (Lipinski definition) is 7. The van der Waals surface area contributed by atoms with E-state index in [2.05, 4.69) is 31.0 Å². The highest BCUT2D eigenvalue weighted by atomic mass is 16.6. The lowest BCUT2D eigenvalue weighted by Gasteiger charge is -2.28. The second kappa shape index (κ2) is 10.8. The van der Waals surface area contributed by atoms with Crippen LogP contribution in [0.1, 0.15) is 77.6 Å². The van der Waals surface area contributed by atoms with E-state index in [1.165, 1.54) is 18.2 Å². The summed E-state index contributed by atoms with van der Waals surface area (Å²) in [6.45, 7) is 14.7. The first-order valence-electron chi connectivity index (χ1n) is 13.0. The van der Waals surface area contributed by atoms with Crippen molar-refractivity contribution in [3.05, 3.63) is 47.5 Å². The van der Waals surface area contributed by atoms with Crippen molar-refractivity contribution in [3.63, 3.8) is 0 Å². The summed E-state index contributed by atoms with van der Waals surface area (Å²) in [7, 11) is 1.38. The van der Waals surface area contributed by atoms with Crippen molar-refractivity contribution in [3.8, 4) is 5.69 Å². The van der Waals surface area contributed by atoms with Crippen LogP contribution in [0.2, 0.25) is 0 Å². The number of carbonyl (C=O) groups excluding carboxylic acids is 3. The monoisotopic (exact) mass is 527 g/mol. The molecule has 38 heavy (non-hydrogen) atoms. The van der Waals surface area contributed by atoms with Crippen LogP contribution in [0, 0.1) is 19.8 Å². The highest BCUT2D eigenvalue weighted by Crippen LogP contribution is 2.57. The second-order valence-electron chi connectivity index (χ2n) is 12.1. The fraction of sp³-hybridized carbons (Fsp3) is 0.586. The number of rotatable bonds is 7. The fourth-order valence-electron chi connectivity index (χ4n) is 4.50. The minimum Gasteiger partial charge on any atom is -0.468 e. The number of methoxy groups -OCH3 is 1. The smallest absolute Gasteiger partial charge is 0.419 e. The normalized spacial score (nSPS) is 19.0. The maximum atomic E-state index is 12.9. The van der Waals surface area contributed by atoms with E-state index in [4.69, 9.17) is 14.2 Å². The molecule has 2 amide bonds. The fourth-order valence-corrected chi connectivity index (χ4v) is 4.50. The number of aryl methyl sites for hydroxylation is 2. The Bertz CT molecular complexity index is 1160. The molecule has 3 rings (SSSR count). The van der Waals surface area contributed by atoms with E-state index in [9.17, 15) is 14.4 Å². The van der Waals surface area contributed by atoms with E-state index in [0.717, 1.165) is 10.6 Å². The van der Waals surface area contributed by atoms with Gasteiger partial charge in [-0.25, -0.2) is 19.5 Å². The molecule has 1 saturated carbocycles. The van der Waals surface area contributed by atoms with Gasteiger partial charge in [0, 0.05) is 18.4 Å². The van der Waals surface area contributed by atoms with Gasteiger partial charge in [-0.2, -0.15) is 0 Å². The Kier molecular flexibility index (Phi) is 8.29. The zero-order chi connectivity index (χ0) is 28.5. The van der Waals surface area contributed by atoms with Gasteiger partial charge in [0.15, 0.2) is 0 Å². The Morgan fingerprint density at radius 1 is 1.03 bits per heavy atom. The van der Waals surface area contributed by atoms with Crippen molar-refractivity contribution in [2.45, 2.75) is 91.3 Å². The highest BCUT2D eigenvalue weighted by molar-refractivity contribution is 5.88. The van der Waals surface area contributed by atoms with Gasteiger partial charge in [0.1, 0.15) is 16.6 Å². The number of esters is 1. The molecule has 0 aliphatic heterocycles. The minimum atomic E-state index is -0.845. The minimum absolute atomic E-state index is 0.0304. The Balaban J connectivity index is 1.74. The summed E-state index contributed by atoms with van der Waals surface area (Å²) in [4.78, 5) is 44.1. The number of nitrogens with zero attached hydrogens (tertiary/aromatic N) is 3. The molecule has 2 aromatic rings. The molecule has 1 aliphatic carbocycles. The summed E-state index contributed by atoms with van der Waals surface area (Å²) < 4.78 is 18.0. The number of ether oxygens (including phenoxy) is 3. The molecule has 1 fully saturated rings. The van der Waals surface area contributed by atoms with Crippen molar-refractivity contribution in [1.29, 1.82) is 0 Å². The zero-order valence-corrected chi connectivity index (χ0v) is 24.1. The zero-order valence-electron chi connectivity index (χ0n) is 24.1. The average Bonchev–Trinajstić information content (AvgIpc) is 3.30. The summed E-state index contributed by atoms with van der Waals surface area (Å²) in [6.07, 6.45) is 3.74. The molecule has 0 N–H and O–H groups in total. The summed E-state index contributed by atoms with van der Waals surface area (Å²) in [5.41, 5.74) is 1.63. The number of aromatic nitrogens is 2. The second-order valence-corrected chi connectivity index (χ2v) is 12.1. The van der Waals surface area contributed by atoms with Gasteiger partial charge in [0.25, 0.3) is 0 Å². The molecule has 9 nitrogen and oxygen atoms in total. The third-order valence-corrected chi connectivity index (χ3v) is 6.65. The average molecular weight is 528 g/mol. The van der Waals surface area contributed by atoms with Crippen LogP contribution in [0.25, 0.3) is 5.69 Å². The number of benzene rings is 1. The summed E-state index contributed by atoms with van der Waals surface area (Å²) >= 11 is 0. The Hall–Kier alpha value is -3.36. The molecule has 0 unspecified atom stereocenters. The molecule has 0 bridgehead atoms. The van der Waals surface area contributed by atoms with Gasteiger partial charge in [-0.15, -0.1) is 0 Å². The number of imidazole rings is 1. The summed E-state index contributed by atoms with van der Waals surface area (Å²) in [6, 6.07) is 6.16. The molecule has 208 valence electrons. The largest absolute Gasteiger partial charge is 0.468 e. The first-order chi connectivity index (χ1) is 17.6. The highest BCUT2D eigenvalue weighted by Gasteiger charge is 2.63. The van der Waals surface area contributed by atoms with E-state index >= 15 is 0 Å². The Morgan fingerprint density at radius 2 is 1.63 bits per heavy atom. The van der Waals surface area contributed by atoms with Crippen molar-refractivity contribution >= 4 is 18.2 Å². The van der Waals surface area contributed by atoms with E-state index < -0.39 is 28.8 Å². The van der Waals surface area contributed by atoms with Crippen LogP contribution in [0.15, 0.2) is 30.7 Å². The van der Waals surface area contributed by atoms with Crippen LogP contribution in [0.3, 0.4) is 0 Å². The van der Waals surface area contributed by atoms with E-state index in [1.807, 2.05) is 16.8 Å². The molecule has 0 spiro atoms. The van der Waals surface area contributed by atoms with Crippen molar-refractivity contribution in [2.75, 3.05) is 13.7 Å². The predicted octanol–water partition coefficient (Wildman–Crippen LogP) is 5.87. The molecule has 0 radical (unpaired) electrons. The predicted molar refractivity (Wildman–Crippen MR) is 143 cm³/mol. The molecule has 0 saturated heterocycles. The number of amides is 2. The maximum Gasteiger partial charge on any atom is 0.419 e. The van der Waals surface area contributed by atoms with Crippen LogP contribution in [0.5, 0.6) is 0 Å². The molecule has 1 heterocycles. The van der Waals surface area contributed by atoms with E-state index in [1.54, 1.807) is 47.9 Å². The van der Waals surface area contributed by atoms with E-state index in [-0.39, 0.29) is 18.4 Å². The van der Waals surface area contributed by atoms with Crippen LogP contribution >= 0.6 is 0 Å². The topological polar surface area (TPSA) is 100.0 Å². The van der Waals surface area contributed by atoms with Crippen molar-refractivity contribution in [2.24, 2.45) is 5.92 Å². The van der Waals surface area contributed by atoms with Crippen LogP contribution in [-0.4, -0.2) is 57.5 Å². The number of carbonyl (C=O) groups is 3. The molecule has 9 heteroatoms. The van der Waals surface area contributed by atoms with Crippen LogP contribution in [0.4, 0.5) is 9.59 Å². The lowest BCUT2D eigenvalue weighted by Crippen LogP contribution is -2.44. The first-order valence-corrected chi connectivity index (χ1v) is 13.0. The first kappa shape index (κ1) is 29.2. The number of hydrogen-bond donors (Lipinski definition) is 0. The quantitative estimate of drug-likeness (QED) is 0.328. The van der Waals surface area contributed by atoms with Crippen LogP contribution < -0.4 is 0 Å². The maximum absolute atomic E-state index is 12.9. The lowest BCUT2D eigenvalue weighted by molar-refractivity contribution is -0.144. The lowest BCUT2D eigenvalue weighted by atomic mass is 9.97. The van der Waals surface area contributed by atoms with Gasteiger partial charge in [0.2, 0.25) is 0 Å². The molecule has 1 aliphatic rings. The van der Waals surface area contributed by atoms with Gasteiger partial charge >= 0.3 is 18.2 Å². The molecular weight excluding hydrogens is 486 g/mol. The van der Waals surface area contributed by atoms with E-state index in [0.29, 0.717) is 25.0 Å². The molecular formula is C29H41N3O6. The SMILES string of the molecule is COC(=O)[C@]1(c2cn(-c3ccc(C)c(C)c3)cn2)C[C@@H]1CCCN(C(=O)OC(C)(C)C)C(=O)OC(C)(C)C. The Labute approximate surface area is 225 Å². The van der Waals surface area contributed by atoms with Gasteiger partial charge in [0.05, 0.1) is 19.1 Å². The van der Waals surface area contributed by atoms with Gasteiger partial charge in [-0.1, -0.05) is 6.07 Å². The standard InChI is InChI=1S/C29H41N3O6/c1-19-12-13-22(15-20(19)2)31-17-23(30-18-31)29(24(33)36-9)16-21(29)11-10-14-32(25(34)37-27(3,4)5)26(35)38-28(6,7)8/h12-13,15,17-18,21H,10-11,14,16H2,1-9H3/t21-,29+/m0/s1. The molecule has 1 aromatic heterocycles. The van der Waals surface area contributed by atoms with Gasteiger partial charge in [-0.05, 0) is 104 Å². The van der Waals surface area contributed by atoms with Crippen molar-refractivity contribution < 1.29 is 28.6 Å². The molecule has 1 aromatic carbocycles. The Morgan fingerprint density at radius 3 is 2.16 bits per heavy atom. The van der Waals surface area contributed by atoms with Gasteiger partial charge in [-0.3, -0.25) is 4.79 Å². The van der Waals surface area contributed by atoms with Crippen LogP contribution in [-0.2, 0) is 24.4 Å². The summed E-state index contributed by atoms with van der Waals surface area (Å²) in [5.74, 6) is -0.360.